The second-order valence-corrected chi connectivity index (χ2v) is 6.62. The van der Waals surface area contributed by atoms with E-state index in [1.165, 1.54) is 22.6 Å². The molecule has 1 heterocycles. The van der Waals surface area contributed by atoms with Gasteiger partial charge in [0, 0.05) is 11.1 Å². The predicted octanol–water partition coefficient (Wildman–Crippen LogP) is 4.43. The first kappa shape index (κ1) is 14.4. The molecule has 0 saturated carbocycles. The predicted molar refractivity (Wildman–Crippen MR) is 93.1 cm³/mol. The normalized spacial score (nSPS) is 11.6. The van der Waals surface area contributed by atoms with E-state index in [1.54, 1.807) is 0 Å². The minimum Gasteiger partial charge on any atom is -0.309 e. The van der Waals surface area contributed by atoms with E-state index in [4.69, 9.17) is 4.98 Å². The van der Waals surface area contributed by atoms with Crippen LogP contribution in [-0.4, -0.2) is 36.3 Å². The Labute approximate surface area is 130 Å². The highest BCUT2D eigenvalue weighted by Gasteiger charge is 2.03. The minimum absolute atomic E-state index is 1.09. The zero-order valence-electron chi connectivity index (χ0n) is 12.5. The number of rotatable bonds is 5. The summed E-state index contributed by atoms with van der Waals surface area (Å²) in [6.45, 7) is 1.13. The maximum atomic E-state index is 4.79. The Morgan fingerprint density at radius 2 is 1.81 bits per heavy atom. The maximum absolute atomic E-state index is 4.79. The third-order valence-electron chi connectivity index (χ3n) is 3.57. The highest BCUT2D eigenvalue weighted by atomic mass is 32.2. The number of fused-ring (bicyclic) bond motifs is 3. The van der Waals surface area contributed by atoms with Gasteiger partial charge >= 0.3 is 0 Å². The lowest BCUT2D eigenvalue weighted by Gasteiger charge is -2.09. The van der Waals surface area contributed by atoms with Crippen LogP contribution in [0.5, 0.6) is 0 Å². The molecule has 0 bridgehead atoms. The topological polar surface area (TPSA) is 16.1 Å². The van der Waals surface area contributed by atoms with Crippen molar-refractivity contribution >= 4 is 33.4 Å². The molecule has 3 heteroatoms. The molecule has 0 saturated heterocycles. The molecule has 0 amide bonds. The van der Waals surface area contributed by atoms with E-state index >= 15 is 0 Å². The van der Waals surface area contributed by atoms with Crippen LogP contribution in [0.15, 0.2) is 53.6 Å². The Balaban J connectivity index is 1.82. The Morgan fingerprint density at radius 1 is 0.952 bits per heavy atom. The van der Waals surface area contributed by atoms with Crippen LogP contribution in [0.3, 0.4) is 0 Å². The first-order chi connectivity index (χ1) is 10.2. The number of pyridine rings is 1. The van der Waals surface area contributed by atoms with E-state index in [0.29, 0.717) is 0 Å². The van der Waals surface area contributed by atoms with Crippen molar-refractivity contribution in [3.8, 4) is 0 Å². The number of hydrogen-bond acceptors (Lipinski definition) is 3. The Hall–Kier alpha value is -1.58. The molecule has 0 spiro atoms. The number of nitrogens with zero attached hydrogens (tertiary/aromatic N) is 2. The summed E-state index contributed by atoms with van der Waals surface area (Å²) in [5.41, 5.74) is 1.09. The summed E-state index contributed by atoms with van der Waals surface area (Å²) in [7, 11) is 4.23. The van der Waals surface area contributed by atoms with Crippen LogP contribution in [0.2, 0.25) is 0 Å². The van der Waals surface area contributed by atoms with Crippen molar-refractivity contribution in [2.75, 3.05) is 26.4 Å². The fourth-order valence-electron chi connectivity index (χ4n) is 2.51. The molecule has 21 heavy (non-hydrogen) atoms. The summed E-state index contributed by atoms with van der Waals surface area (Å²) in [6, 6.07) is 17.1. The van der Waals surface area contributed by atoms with Crippen molar-refractivity contribution in [1.82, 2.24) is 9.88 Å². The van der Waals surface area contributed by atoms with Gasteiger partial charge in [-0.15, -0.1) is 11.8 Å². The standard InChI is InChI=1S/C18H20N2S/c1-20(2)12-5-13-21-18-11-9-16-15-7-4-3-6-14(15)8-10-17(16)19-18/h3-4,6-11H,5,12-13H2,1-2H3. The van der Waals surface area contributed by atoms with Gasteiger partial charge in [-0.1, -0.05) is 30.3 Å². The van der Waals surface area contributed by atoms with E-state index in [-0.39, 0.29) is 0 Å². The molecule has 3 aromatic rings. The molecular formula is C18H20N2S. The number of benzene rings is 2. The Morgan fingerprint density at radius 3 is 2.67 bits per heavy atom. The van der Waals surface area contributed by atoms with Crippen LogP contribution in [-0.2, 0) is 0 Å². The van der Waals surface area contributed by atoms with Crippen LogP contribution in [0, 0.1) is 0 Å². The monoisotopic (exact) mass is 296 g/mol. The second-order valence-electron chi connectivity index (χ2n) is 5.51. The van der Waals surface area contributed by atoms with Crippen LogP contribution >= 0.6 is 11.8 Å². The summed E-state index contributed by atoms with van der Waals surface area (Å²) in [5, 5.41) is 4.92. The number of aromatic nitrogens is 1. The fourth-order valence-corrected chi connectivity index (χ4v) is 3.31. The molecule has 0 unspecified atom stereocenters. The lowest BCUT2D eigenvalue weighted by Crippen LogP contribution is -2.13. The molecule has 0 radical (unpaired) electrons. The van der Waals surface area contributed by atoms with Gasteiger partial charge in [0.25, 0.3) is 0 Å². The van der Waals surface area contributed by atoms with E-state index < -0.39 is 0 Å². The summed E-state index contributed by atoms with van der Waals surface area (Å²) in [5.74, 6) is 1.12. The van der Waals surface area contributed by atoms with Gasteiger partial charge in [-0.05, 0) is 56.0 Å². The molecular weight excluding hydrogens is 276 g/mol. The molecule has 108 valence electrons. The molecule has 0 atom stereocenters. The zero-order valence-corrected chi connectivity index (χ0v) is 13.4. The van der Waals surface area contributed by atoms with Crippen molar-refractivity contribution in [3.63, 3.8) is 0 Å². The van der Waals surface area contributed by atoms with Crippen molar-refractivity contribution in [1.29, 1.82) is 0 Å². The fraction of sp³-hybridized carbons (Fsp3) is 0.278. The van der Waals surface area contributed by atoms with Crippen LogP contribution < -0.4 is 0 Å². The largest absolute Gasteiger partial charge is 0.309 e. The SMILES string of the molecule is CN(C)CCCSc1ccc2c(ccc3ccccc32)n1. The van der Waals surface area contributed by atoms with Gasteiger partial charge in [0.2, 0.25) is 0 Å². The lowest BCUT2D eigenvalue weighted by molar-refractivity contribution is 0.410. The van der Waals surface area contributed by atoms with Crippen molar-refractivity contribution in [2.45, 2.75) is 11.4 Å². The van der Waals surface area contributed by atoms with Gasteiger partial charge in [-0.25, -0.2) is 4.98 Å². The summed E-state index contributed by atoms with van der Waals surface area (Å²) < 4.78 is 0. The van der Waals surface area contributed by atoms with E-state index in [9.17, 15) is 0 Å². The van der Waals surface area contributed by atoms with Crippen LogP contribution in [0.4, 0.5) is 0 Å². The molecule has 2 nitrogen and oxygen atoms in total. The average molecular weight is 296 g/mol. The van der Waals surface area contributed by atoms with Gasteiger partial charge in [0.15, 0.2) is 0 Å². The molecule has 0 fully saturated rings. The highest BCUT2D eigenvalue weighted by molar-refractivity contribution is 7.99. The smallest absolute Gasteiger partial charge is 0.0967 e. The molecule has 0 N–H and O–H groups in total. The molecule has 1 aromatic heterocycles. The minimum atomic E-state index is 1.09. The first-order valence-electron chi connectivity index (χ1n) is 7.30. The van der Waals surface area contributed by atoms with E-state index in [0.717, 1.165) is 22.8 Å². The first-order valence-corrected chi connectivity index (χ1v) is 8.28. The number of hydrogen-bond donors (Lipinski definition) is 0. The maximum Gasteiger partial charge on any atom is 0.0967 e. The summed E-state index contributed by atoms with van der Waals surface area (Å²) in [4.78, 5) is 7.01. The van der Waals surface area contributed by atoms with Gasteiger partial charge in [-0.2, -0.15) is 0 Å². The van der Waals surface area contributed by atoms with Crippen LogP contribution in [0.25, 0.3) is 21.7 Å². The Kier molecular flexibility index (Phi) is 4.42. The second kappa shape index (κ2) is 6.46. The molecule has 0 aliphatic heterocycles. The number of thioether (sulfide) groups is 1. The molecule has 0 aliphatic carbocycles. The third-order valence-corrected chi connectivity index (χ3v) is 4.59. The zero-order chi connectivity index (χ0) is 14.7. The highest BCUT2D eigenvalue weighted by Crippen LogP contribution is 2.26. The lowest BCUT2D eigenvalue weighted by atomic mass is 10.1. The molecule has 2 aromatic carbocycles. The Bertz CT molecular complexity index is 752. The van der Waals surface area contributed by atoms with Gasteiger partial charge in [0.05, 0.1) is 10.5 Å². The van der Waals surface area contributed by atoms with E-state index in [2.05, 4.69) is 67.5 Å². The van der Waals surface area contributed by atoms with E-state index in [1.807, 2.05) is 11.8 Å². The van der Waals surface area contributed by atoms with Crippen molar-refractivity contribution < 1.29 is 0 Å². The third kappa shape index (κ3) is 3.36. The van der Waals surface area contributed by atoms with Gasteiger partial charge in [-0.3, -0.25) is 0 Å². The van der Waals surface area contributed by atoms with Gasteiger partial charge < -0.3 is 4.90 Å². The summed E-state index contributed by atoms with van der Waals surface area (Å²) in [6.07, 6.45) is 1.19. The quantitative estimate of drug-likeness (QED) is 0.393. The van der Waals surface area contributed by atoms with Crippen molar-refractivity contribution in [2.24, 2.45) is 0 Å². The van der Waals surface area contributed by atoms with Gasteiger partial charge in [0.1, 0.15) is 0 Å². The molecule has 3 rings (SSSR count). The van der Waals surface area contributed by atoms with Crippen molar-refractivity contribution in [3.05, 3.63) is 48.5 Å². The average Bonchev–Trinajstić information content (AvgIpc) is 2.51. The molecule has 0 aliphatic rings. The van der Waals surface area contributed by atoms with Crippen LogP contribution in [0.1, 0.15) is 6.42 Å². The summed E-state index contributed by atoms with van der Waals surface area (Å²) >= 11 is 1.84.